The van der Waals surface area contributed by atoms with Gasteiger partial charge < -0.3 is 9.84 Å². The number of hydrogen-bond acceptors (Lipinski definition) is 3. The highest BCUT2D eigenvalue weighted by atomic mass is 16.5. The maximum Gasteiger partial charge on any atom is 0.195 e. The topological polar surface area (TPSA) is 46.5 Å². The van der Waals surface area contributed by atoms with Crippen molar-refractivity contribution >= 4 is 5.78 Å². The molecule has 1 N–H and O–H groups in total. The molecular formula is C18H20O3. The molecule has 0 bridgehead atoms. The number of aliphatic hydroxyl groups is 1. The Hall–Kier alpha value is -1.97. The van der Waals surface area contributed by atoms with E-state index < -0.39 is 6.10 Å². The van der Waals surface area contributed by atoms with E-state index in [1.165, 1.54) is 12.8 Å². The van der Waals surface area contributed by atoms with Crippen molar-refractivity contribution in [3.8, 4) is 0 Å². The van der Waals surface area contributed by atoms with Crippen molar-refractivity contribution in [3.05, 3.63) is 71.8 Å². The van der Waals surface area contributed by atoms with Crippen LogP contribution in [-0.2, 0) is 4.74 Å². The molecule has 1 atom stereocenters. The first-order valence-electron chi connectivity index (χ1n) is 7.19. The van der Waals surface area contributed by atoms with Crippen LogP contribution < -0.4 is 0 Å². The van der Waals surface area contributed by atoms with Crippen molar-refractivity contribution in [1.82, 2.24) is 0 Å². The van der Waals surface area contributed by atoms with E-state index in [0.29, 0.717) is 11.1 Å². The van der Waals surface area contributed by atoms with Crippen LogP contribution in [0.5, 0.6) is 0 Å². The van der Waals surface area contributed by atoms with Crippen molar-refractivity contribution in [1.29, 1.82) is 0 Å². The van der Waals surface area contributed by atoms with Crippen LogP contribution in [0.4, 0.5) is 0 Å². The second-order valence-electron chi connectivity index (χ2n) is 4.86. The van der Waals surface area contributed by atoms with Gasteiger partial charge in [0.1, 0.15) is 6.10 Å². The third kappa shape index (κ3) is 4.81. The van der Waals surface area contributed by atoms with E-state index in [1.54, 1.807) is 48.5 Å². The van der Waals surface area contributed by atoms with E-state index in [4.69, 9.17) is 4.74 Å². The summed E-state index contributed by atoms with van der Waals surface area (Å²) in [5.41, 5.74) is 1.15. The first-order chi connectivity index (χ1) is 10.3. The van der Waals surface area contributed by atoms with Gasteiger partial charge in [0, 0.05) is 18.8 Å². The molecule has 3 rings (SSSR count). The Bertz CT molecular complexity index is 525. The quantitative estimate of drug-likeness (QED) is 0.879. The molecule has 1 unspecified atom stereocenters. The zero-order chi connectivity index (χ0) is 14.9. The molecule has 0 aromatic heterocycles. The van der Waals surface area contributed by atoms with Gasteiger partial charge >= 0.3 is 0 Å². The van der Waals surface area contributed by atoms with Crippen LogP contribution in [-0.4, -0.2) is 24.1 Å². The van der Waals surface area contributed by atoms with E-state index >= 15 is 0 Å². The van der Waals surface area contributed by atoms with Crippen molar-refractivity contribution in [2.45, 2.75) is 18.9 Å². The molecule has 0 spiro atoms. The normalized spacial score (nSPS) is 14.9. The number of ether oxygens (including phenoxy) is 1. The fourth-order valence-corrected chi connectivity index (χ4v) is 2.06. The Morgan fingerprint density at radius 1 is 0.905 bits per heavy atom. The molecule has 21 heavy (non-hydrogen) atoms. The number of Topliss-reactive ketones (excluding diaryl/α,β-unsaturated/α-hetero) is 1. The smallest absolute Gasteiger partial charge is 0.195 e. The summed E-state index contributed by atoms with van der Waals surface area (Å²) in [6.07, 6.45) is 1.48. The minimum absolute atomic E-state index is 0.271. The summed E-state index contributed by atoms with van der Waals surface area (Å²) >= 11 is 0. The first kappa shape index (κ1) is 15.4. The monoisotopic (exact) mass is 284 g/mol. The summed E-state index contributed by atoms with van der Waals surface area (Å²) in [7, 11) is 0. The van der Waals surface area contributed by atoms with Gasteiger partial charge in [0.25, 0.3) is 0 Å². The minimum Gasteiger partial charge on any atom is -0.381 e. The fraction of sp³-hybridized carbons (Fsp3) is 0.278. The Balaban J connectivity index is 0.000000272. The Labute approximate surface area is 125 Å². The van der Waals surface area contributed by atoms with Crippen LogP contribution in [0.15, 0.2) is 60.7 Å². The van der Waals surface area contributed by atoms with Crippen LogP contribution >= 0.6 is 0 Å². The van der Waals surface area contributed by atoms with E-state index in [-0.39, 0.29) is 5.78 Å². The third-order valence-electron chi connectivity index (χ3n) is 3.25. The van der Waals surface area contributed by atoms with E-state index in [2.05, 4.69) is 0 Å². The molecule has 2 aromatic rings. The lowest BCUT2D eigenvalue weighted by Crippen LogP contribution is -2.11. The van der Waals surface area contributed by atoms with Gasteiger partial charge in [-0.2, -0.15) is 0 Å². The second kappa shape index (κ2) is 8.35. The lowest BCUT2D eigenvalue weighted by molar-refractivity contribution is 0.0747. The Kier molecular flexibility index (Phi) is 6.13. The van der Waals surface area contributed by atoms with Crippen molar-refractivity contribution in [2.24, 2.45) is 0 Å². The lowest BCUT2D eigenvalue weighted by Gasteiger charge is -2.09. The minimum atomic E-state index is -1.08. The van der Waals surface area contributed by atoms with Gasteiger partial charge in [-0.1, -0.05) is 60.7 Å². The molecule has 2 aromatic carbocycles. The standard InChI is InChI=1S/C14H12O2.C4H8O/c15-13(11-7-3-1-4-8-11)14(16)12-9-5-2-6-10-12;1-2-4-5-3-1/h1-10,13,15H;1-4H2. The molecule has 1 aliphatic heterocycles. The molecule has 1 heterocycles. The van der Waals surface area contributed by atoms with Crippen LogP contribution in [0.3, 0.4) is 0 Å². The van der Waals surface area contributed by atoms with Gasteiger partial charge in [-0.15, -0.1) is 0 Å². The van der Waals surface area contributed by atoms with Crippen molar-refractivity contribution in [3.63, 3.8) is 0 Å². The van der Waals surface area contributed by atoms with Crippen LogP contribution in [0.2, 0.25) is 0 Å². The summed E-state index contributed by atoms with van der Waals surface area (Å²) in [6, 6.07) is 17.7. The van der Waals surface area contributed by atoms with Gasteiger partial charge in [0.2, 0.25) is 0 Å². The van der Waals surface area contributed by atoms with E-state index in [9.17, 15) is 9.90 Å². The predicted octanol–water partition coefficient (Wildman–Crippen LogP) is 3.40. The number of hydrogen-bond donors (Lipinski definition) is 1. The summed E-state index contributed by atoms with van der Waals surface area (Å²) in [5.74, 6) is -0.271. The average molecular weight is 284 g/mol. The highest BCUT2D eigenvalue weighted by Crippen LogP contribution is 2.17. The molecule has 1 aliphatic rings. The number of aliphatic hydroxyl groups excluding tert-OH is 1. The molecule has 3 nitrogen and oxygen atoms in total. The molecule has 3 heteroatoms. The summed E-state index contributed by atoms with van der Waals surface area (Å²) < 4.78 is 4.94. The average Bonchev–Trinajstić information content (AvgIpc) is 3.15. The molecular weight excluding hydrogens is 264 g/mol. The predicted molar refractivity (Wildman–Crippen MR) is 82.2 cm³/mol. The van der Waals surface area contributed by atoms with E-state index in [1.807, 2.05) is 12.1 Å². The maximum absolute atomic E-state index is 11.9. The van der Waals surface area contributed by atoms with Gasteiger partial charge in [0.15, 0.2) is 5.78 Å². The molecule has 0 aliphatic carbocycles. The maximum atomic E-state index is 11.9. The number of carbonyl (C=O) groups is 1. The van der Waals surface area contributed by atoms with Crippen molar-refractivity contribution < 1.29 is 14.6 Å². The molecule has 0 saturated carbocycles. The van der Waals surface area contributed by atoms with Crippen LogP contribution in [0, 0.1) is 0 Å². The Morgan fingerprint density at radius 2 is 1.43 bits per heavy atom. The summed E-state index contributed by atoms with van der Waals surface area (Å²) in [4.78, 5) is 11.9. The molecule has 0 radical (unpaired) electrons. The SMILES string of the molecule is C1CCOC1.O=C(c1ccccc1)C(O)c1ccccc1. The Morgan fingerprint density at radius 3 is 1.90 bits per heavy atom. The highest BCUT2D eigenvalue weighted by molar-refractivity contribution is 5.99. The molecule has 110 valence electrons. The first-order valence-corrected chi connectivity index (χ1v) is 7.19. The summed E-state index contributed by atoms with van der Waals surface area (Å²) in [5, 5.41) is 9.89. The lowest BCUT2D eigenvalue weighted by atomic mass is 10.0. The second-order valence-corrected chi connectivity index (χ2v) is 4.86. The largest absolute Gasteiger partial charge is 0.381 e. The van der Waals surface area contributed by atoms with Crippen LogP contribution in [0.25, 0.3) is 0 Å². The van der Waals surface area contributed by atoms with Gasteiger partial charge in [-0.05, 0) is 18.4 Å². The number of ketones is 1. The molecule has 0 amide bonds. The van der Waals surface area contributed by atoms with Crippen molar-refractivity contribution in [2.75, 3.05) is 13.2 Å². The van der Waals surface area contributed by atoms with Gasteiger partial charge in [-0.3, -0.25) is 4.79 Å². The van der Waals surface area contributed by atoms with E-state index in [0.717, 1.165) is 13.2 Å². The zero-order valence-corrected chi connectivity index (χ0v) is 11.9. The number of benzene rings is 2. The highest BCUT2D eigenvalue weighted by Gasteiger charge is 2.18. The van der Waals surface area contributed by atoms with Gasteiger partial charge in [-0.25, -0.2) is 0 Å². The summed E-state index contributed by atoms with van der Waals surface area (Å²) in [6.45, 7) is 2.00. The molecule has 1 saturated heterocycles. The zero-order valence-electron chi connectivity index (χ0n) is 11.9. The van der Waals surface area contributed by atoms with Gasteiger partial charge in [0.05, 0.1) is 0 Å². The molecule has 1 fully saturated rings. The van der Waals surface area contributed by atoms with Crippen LogP contribution in [0.1, 0.15) is 34.9 Å². The third-order valence-corrected chi connectivity index (χ3v) is 3.25. The number of carbonyl (C=O) groups excluding carboxylic acids is 1. The number of rotatable bonds is 3. The fourth-order valence-electron chi connectivity index (χ4n) is 2.06.